The summed E-state index contributed by atoms with van der Waals surface area (Å²) in [5.74, 6) is 0. The molecule has 2 aliphatic heterocycles. The van der Waals surface area contributed by atoms with Crippen LogP contribution in [0.3, 0.4) is 0 Å². The van der Waals surface area contributed by atoms with E-state index in [9.17, 15) is 30.6 Å². The van der Waals surface area contributed by atoms with Crippen molar-refractivity contribution in [1.82, 2.24) is 0 Å². The molecule has 7 N–H and O–H groups in total. The highest BCUT2D eigenvalue weighted by Gasteiger charge is 2.47. The first-order valence-corrected chi connectivity index (χ1v) is 7.46. The maximum atomic E-state index is 9.91. The second-order valence-corrected chi connectivity index (χ2v) is 5.78. The Hall–Kier alpha value is -0.440. The van der Waals surface area contributed by atoms with Crippen LogP contribution in [0.1, 0.15) is 0 Å². The molecule has 0 aliphatic carbocycles. The molecule has 2 heterocycles. The molecule has 0 radical (unpaired) electrons. The third kappa shape index (κ3) is 3.86. The summed E-state index contributed by atoms with van der Waals surface area (Å²) in [7, 11) is 1.24. The molecule has 142 valence electrons. The van der Waals surface area contributed by atoms with Crippen molar-refractivity contribution >= 4 is 0 Å². The van der Waals surface area contributed by atoms with Crippen molar-refractivity contribution in [3.8, 4) is 0 Å². The number of methoxy groups -OCH3 is 1. The second kappa shape index (κ2) is 8.29. The van der Waals surface area contributed by atoms with E-state index in [-0.39, 0.29) is 6.61 Å². The normalized spacial score (nSPS) is 50.0. The molecule has 0 amide bonds. The quantitative estimate of drug-likeness (QED) is 0.251. The highest BCUT2D eigenvalue weighted by molar-refractivity contribution is 4.91. The van der Waals surface area contributed by atoms with Crippen molar-refractivity contribution in [2.45, 2.75) is 61.4 Å². The van der Waals surface area contributed by atoms with Crippen LogP contribution < -0.4 is 0 Å². The molecule has 2 saturated heterocycles. The summed E-state index contributed by atoms with van der Waals surface area (Å²) in [5.41, 5.74) is 0. The van der Waals surface area contributed by atoms with Gasteiger partial charge in [-0.05, 0) is 0 Å². The van der Waals surface area contributed by atoms with Gasteiger partial charge in [-0.2, -0.15) is 0 Å². The van der Waals surface area contributed by atoms with Gasteiger partial charge in [0.05, 0.1) is 13.2 Å². The standard InChI is InChI=1S/C13H24O11/c1-21-12-10(19)9(18)7(16)5(24-12)3-22-13-11(20)8(17)6(15)4(2-14)23-13/h4-20H,2-3H2,1H3/t4-,5-,6-,7+,8+,9+,10-,11-,12+,13-/m1/s1. The number of ether oxygens (including phenoxy) is 4. The fourth-order valence-electron chi connectivity index (χ4n) is 2.64. The van der Waals surface area contributed by atoms with Crippen LogP contribution in [0.15, 0.2) is 0 Å². The van der Waals surface area contributed by atoms with E-state index in [0.717, 1.165) is 0 Å². The van der Waals surface area contributed by atoms with Crippen LogP contribution in [0.25, 0.3) is 0 Å². The van der Waals surface area contributed by atoms with E-state index < -0.39 is 68.0 Å². The van der Waals surface area contributed by atoms with Crippen LogP contribution in [-0.2, 0) is 18.9 Å². The van der Waals surface area contributed by atoms with Crippen LogP contribution in [0.2, 0.25) is 0 Å². The molecule has 10 atom stereocenters. The lowest BCUT2D eigenvalue weighted by Gasteiger charge is -2.42. The third-order valence-electron chi connectivity index (χ3n) is 4.17. The highest BCUT2D eigenvalue weighted by Crippen LogP contribution is 2.25. The maximum absolute atomic E-state index is 9.91. The predicted molar refractivity (Wildman–Crippen MR) is 73.4 cm³/mol. The fraction of sp³-hybridized carbons (Fsp3) is 1.00. The van der Waals surface area contributed by atoms with Gasteiger partial charge in [0, 0.05) is 7.11 Å². The third-order valence-corrected chi connectivity index (χ3v) is 4.17. The summed E-state index contributed by atoms with van der Waals surface area (Å²) in [6.45, 7) is -0.989. The number of hydrogen-bond donors (Lipinski definition) is 7. The number of aliphatic hydroxyl groups excluding tert-OH is 7. The Morgan fingerprint density at radius 3 is 1.75 bits per heavy atom. The zero-order valence-electron chi connectivity index (χ0n) is 13.0. The molecule has 0 aromatic heterocycles. The van der Waals surface area contributed by atoms with Crippen molar-refractivity contribution in [1.29, 1.82) is 0 Å². The maximum Gasteiger partial charge on any atom is 0.186 e. The molecule has 0 spiro atoms. The van der Waals surface area contributed by atoms with E-state index in [1.54, 1.807) is 0 Å². The first-order valence-electron chi connectivity index (χ1n) is 7.46. The summed E-state index contributed by atoms with van der Waals surface area (Å²) in [5, 5.41) is 67.6. The number of rotatable bonds is 5. The van der Waals surface area contributed by atoms with Gasteiger partial charge in [0.15, 0.2) is 12.6 Å². The van der Waals surface area contributed by atoms with Crippen molar-refractivity contribution in [3.63, 3.8) is 0 Å². The highest BCUT2D eigenvalue weighted by atomic mass is 16.7. The number of hydrogen-bond acceptors (Lipinski definition) is 11. The van der Waals surface area contributed by atoms with Gasteiger partial charge in [0.1, 0.15) is 48.8 Å². The Morgan fingerprint density at radius 1 is 0.708 bits per heavy atom. The minimum atomic E-state index is -1.60. The van der Waals surface area contributed by atoms with Gasteiger partial charge in [0.2, 0.25) is 0 Å². The van der Waals surface area contributed by atoms with E-state index in [1.807, 2.05) is 0 Å². The molecule has 0 unspecified atom stereocenters. The lowest BCUT2D eigenvalue weighted by atomic mass is 9.98. The Labute approximate surface area is 137 Å². The van der Waals surface area contributed by atoms with E-state index in [1.165, 1.54) is 7.11 Å². The Morgan fingerprint density at radius 2 is 1.21 bits per heavy atom. The van der Waals surface area contributed by atoms with Crippen LogP contribution in [0.5, 0.6) is 0 Å². The first kappa shape index (κ1) is 19.9. The topological polar surface area (TPSA) is 179 Å². The summed E-state index contributed by atoms with van der Waals surface area (Å²) in [6, 6.07) is 0. The van der Waals surface area contributed by atoms with Gasteiger partial charge in [0.25, 0.3) is 0 Å². The summed E-state index contributed by atoms with van der Waals surface area (Å²) in [4.78, 5) is 0. The van der Waals surface area contributed by atoms with Gasteiger partial charge < -0.3 is 54.7 Å². The van der Waals surface area contributed by atoms with Gasteiger partial charge in [-0.1, -0.05) is 0 Å². The average Bonchev–Trinajstić information content (AvgIpc) is 2.58. The smallest absolute Gasteiger partial charge is 0.186 e. The lowest BCUT2D eigenvalue weighted by molar-refractivity contribution is -0.328. The summed E-state index contributed by atoms with van der Waals surface area (Å²) in [6.07, 6.45) is -14.0. The average molecular weight is 356 g/mol. The van der Waals surface area contributed by atoms with Crippen LogP contribution in [0, 0.1) is 0 Å². The zero-order valence-corrected chi connectivity index (χ0v) is 13.0. The molecule has 2 fully saturated rings. The Bertz CT molecular complexity index is 356. The van der Waals surface area contributed by atoms with Crippen molar-refractivity contribution in [2.24, 2.45) is 0 Å². The molecule has 2 rings (SSSR count). The molecule has 24 heavy (non-hydrogen) atoms. The van der Waals surface area contributed by atoms with Gasteiger partial charge >= 0.3 is 0 Å². The Balaban J connectivity index is 1.96. The molecule has 11 nitrogen and oxygen atoms in total. The largest absolute Gasteiger partial charge is 0.394 e. The monoisotopic (exact) mass is 356 g/mol. The second-order valence-electron chi connectivity index (χ2n) is 5.78. The van der Waals surface area contributed by atoms with E-state index >= 15 is 0 Å². The van der Waals surface area contributed by atoms with Crippen molar-refractivity contribution < 1.29 is 54.7 Å². The zero-order chi connectivity index (χ0) is 18.0. The van der Waals surface area contributed by atoms with Gasteiger partial charge in [-0.25, -0.2) is 0 Å². The predicted octanol–water partition coefficient (Wildman–Crippen LogP) is -4.74. The molecule has 2 aliphatic rings. The fourth-order valence-corrected chi connectivity index (χ4v) is 2.64. The van der Waals surface area contributed by atoms with E-state index in [0.29, 0.717) is 0 Å². The van der Waals surface area contributed by atoms with Crippen molar-refractivity contribution in [2.75, 3.05) is 20.3 Å². The minimum Gasteiger partial charge on any atom is -0.394 e. The molecule has 11 heteroatoms. The minimum absolute atomic E-state index is 0.381. The van der Waals surface area contributed by atoms with E-state index in [2.05, 4.69) is 0 Å². The lowest BCUT2D eigenvalue weighted by Crippen LogP contribution is -2.61. The van der Waals surface area contributed by atoms with Gasteiger partial charge in [-0.15, -0.1) is 0 Å². The molecule has 0 aromatic carbocycles. The molecular formula is C13H24O11. The first-order chi connectivity index (χ1) is 11.3. The Kier molecular flexibility index (Phi) is 6.87. The van der Waals surface area contributed by atoms with Crippen molar-refractivity contribution in [3.05, 3.63) is 0 Å². The molecule has 0 saturated carbocycles. The molecule has 0 bridgehead atoms. The summed E-state index contributed by atoms with van der Waals surface area (Å²) >= 11 is 0. The van der Waals surface area contributed by atoms with Gasteiger partial charge in [-0.3, -0.25) is 0 Å². The van der Waals surface area contributed by atoms with Crippen LogP contribution >= 0.6 is 0 Å². The summed E-state index contributed by atoms with van der Waals surface area (Å²) < 4.78 is 20.5. The molecule has 0 aromatic rings. The molecular weight excluding hydrogens is 332 g/mol. The van der Waals surface area contributed by atoms with E-state index in [4.69, 9.17) is 24.1 Å². The SMILES string of the molecule is CO[C@H]1O[C@H](CO[C@@H]2O[C@H](CO)[C@@H](O)[C@H](O)[C@H]2O)[C@H](O)[C@H](O)[C@H]1O. The van der Waals surface area contributed by atoms with Crippen LogP contribution in [0.4, 0.5) is 0 Å². The van der Waals surface area contributed by atoms with Crippen LogP contribution in [-0.4, -0.2) is 117 Å². The number of aliphatic hydroxyl groups is 7.